The molecule has 2 aliphatic heterocycles. The number of nitrogens with one attached hydrogen (secondary N) is 1. The lowest BCUT2D eigenvalue weighted by molar-refractivity contribution is -0.132. The number of amides is 1. The largest absolute Gasteiger partial charge is 0.446 e. The fourth-order valence-electron chi connectivity index (χ4n) is 5.50. The number of likely N-dealkylation sites (tertiary alicyclic amines) is 1. The zero-order valence-electron chi connectivity index (χ0n) is 24.0. The van der Waals surface area contributed by atoms with E-state index in [1.807, 2.05) is 4.90 Å². The molecule has 9 heteroatoms. The van der Waals surface area contributed by atoms with E-state index >= 15 is 0 Å². The van der Waals surface area contributed by atoms with Crippen LogP contribution >= 0.6 is 11.8 Å². The molecule has 2 aliphatic rings. The zero-order valence-corrected chi connectivity index (χ0v) is 24.8. The number of hydrogen-bond acceptors (Lipinski definition) is 5. The Hall–Kier alpha value is -2.39. The Morgan fingerprint density at radius 3 is 2.17 bits per heavy atom. The Labute approximate surface area is 248 Å². The standard InChI is InChI=1S/C31H43F3N4OS.CH4/c1-30(2,3)24-7-11-27(12-8-24)37-19-5-18-36(22-23-37)17-4-6-29(39)38-20-15-26(16-21-38)35-25-9-13-28(14-10-25)40-31(32,33)34;/h7-14,26,35H,4-6,15-23H2,1-3H3;1H4. The third-order valence-electron chi connectivity index (χ3n) is 7.86. The van der Waals surface area contributed by atoms with E-state index in [9.17, 15) is 18.0 Å². The molecule has 0 radical (unpaired) electrons. The molecule has 0 aliphatic carbocycles. The maximum Gasteiger partial charge on any atom is 0.446 e. The van der Waals surface area contributed by atoms with Crippen molar-refractivity contribution in [2.24, 2.45) is 0 Å². The molecule has 1 N–H and O–H groups in total. The molecule has 2 aromatic rings. The van der Waals surface area contributed by atoms with Gasteiger partial charge < -0.3 is 20.0 Å². The molecule has 2 saturated heterocycles. The number of benzene rings is 2. The summed E-state index contributed by atoms with van der Waals surface area (Å²) in [6, 6.07) is 15.6. The van der Waals surface area contributed by atoms with Gasteiger partial charge in [0, 0.05) is 61.5 Å². The number of carbonyl (C=O) groups is 1. The minimum atomic E-state index is -4.28. The predicted octanol–water partition coefficient (Wildman–Crippen LogP) is 7.63. The van der Waals surface area contributed by atoms with Gasteiger partial charge in [0.2, 0.25) is 5.91 Å². The first-order chi connectivity index (χ1) is 19.0. The van der Waals surface area contributed by atoms with Crippen LogP contribution in [-0.2, 0) is 10.2 Å². The number of piperidine rings is 1. The summed E-state index contributed by atoms with van der Waals surface area (Å²) in [6.07, 6.45) is 4.25. The lowest BCUT2D eigenvalue weighted by atomic mass is 9.87. The minimum absolute atomic E-state index is 0. The Balaban J connectivity index is 0.00000462. The van der Waals surface area contributed by atoms with Crippen LogP contribution in [0.5, 0.6) is 0 Å². The summed E-state index contributed by atoms with van der Waals surface area (Å²) in [5.41, 5.74) is -0.651. The van der Waals surface area contributed by atoms with Gasteiger partial charge >= 0.3 is 5.51 Å². The topological polar surface area (TPSA) is 38.8 Å². The maximum atomic E-state index is 12.8. The number of halogens is 3. The van der Waals surface area contributed by atoms with Crippen LogP contribution in [0.2, 0.25) is 0 Å². The molecule has 0 bridgehead atoms. The zero-order chi connectivity index (χ0) is 28.8. The molecular weight excluding hydrogens is 545 g/mol. The first-order valence-corrected chi connectivity index (χ1v) is 15.3. The predicted molar refractivity (Wildman–Crippen MR) is 166 cm³/mol. The molecular formula is C32H47F3N4OS. The number of alkyl halides is 3. The van der Waals surface area contributed by atoms with Gasteiger partial charge in [0.1, 0.15) is 0 Å². The fraction of sp³-hybridized carbons (Fsp3) is 0.594. The third-order valence-corrected chi connectivity index (χ3v) is 8.60. The third kappa shape index (κ3) is 10.4. The summed E-state index contributed by atoms with van der Waals surface area (Å²) in [6.45, 7) is 13.2. The Kier molecular flexibility index (Phi) is 11.9. The fourth-order valence-corrected chi connectivity index (χ4v) is 6.04. The highest BCUT2D eigenvalue weighted by atomic mass is 32.2. The van der Waals surface area contributed by atoms with Crippen molar-refractivity contribution in [3.05, 3.63) is 54.1 Å². The molecule has 2 fully saturated rings. The van der Waals surface area contributed by atoms with Gasteiger partial charge in [-0.1, -0.05) is 40.3 Å². The van der Waals surface area contributed by atoms with Crippen LogP contribution in [0.3, 0.4) is 0 Å². The molecule has 5 nitrogen and oxygen atoms in total. The van der Waals surface area contributed by atoms with E-state index in [1.54, 1.807) is 12.1 Å². The summed E-state index contributed by atoms with van der Waals surface area (Å²) in [5, 5.41) is 3.41. The highest BCUT2D eigenvalue weighted by Crippen LogP contribution is 2.37. The van der Waals surface area contributed by atoms with Gasteiger partial charge in [-0.2, -0.15) is 13.2 Å². The number of nitrogens with zero attached hydrogens (tertiary/aromatic N) is 3. The second-order valence-electron chi connectivity index (χ2n) is 12.0. The second-order valence-corrected chi connectivity index (χ2v) is 13.1. The molecule has 1 amide bonds. The highest BCUT2D eigenvalue weighted by Gasteiger charge is 2.29. The van der Waals surface area contributed by atoms with Gasteiger partial charge in [0.15, 0.2) is 0 Å². The SMILES string of the molecule is C.CC(C)(C)c1ccc(N2CCCN(CCCC(=O)N3CCC(Nc4ccc(SC(F)(F)F)cc4)CC3)CC2)cc1. The van der Waals surface area contributed by atoms with Crippen molar-refractivity contribution in [2.75, 3.05) is 56.0 Å². The molecule has 41 heavy (non-hydrogen) atoms. The molecule has 228 valence electrons. The van der Waals surface area contributed by atoms with Crippen molar-refractivity contribution in [1.29, 1.82) is 0 Å². The average Bonchev–Trinajstić information content (AvgIpc) is 3.15. The Bertz CT molecular complexity index is 1080. The monoisotopic (exact) mass is 592 g/mol. The van der Waals surface area contributed by atoms with E-state index in [4.69, 9.17) is 0 Å². The normalized spacial score (nSPS) is 17.6. The van der Waals surface area contributed by atoms with Crippen LogP contribution < -0.4 is 10.2 Å². The van der Waals surface area contributed by atoms with Crippen molar-refractivity contribution in [1.82, 2.24) is 9.80 Å². The van der Waals surface area contributed by atoms with Crippen LogP contribution in [0.25, 0.3) is 0 Å². The first-order valence-electron chi connectivity index (χ1n) is 14.4. The first kappa shape index (κ1) is 33.1. The van der Waals surface area contributed by atoms with E-state index < -0.39 is 5.51 Å². The van der Waals surface area contributed by atoms with E-state index in [1.165, 1.54) is 23.4 Å². The van der Waals surface area contributed by atoms with Gasteiger partial charge in [-0.05, 0) is 97.9 Å². The van der Waals surface area contributed by atoms with Crippen molar-refractivity contribution in [3.63, 3.8) is 0 Å². The number of hydrogen-bond donors (Lipinski definition) is 1. The van der Waals surface area contributed by atoms with E-state index in [0.717, 1.165) is 64.1 Å². The molecule has 0 spiro atoms. The quantitative estimate of drug-likeness (QED) is 0.319. The summed E-state index contributed by atoms with van der Waals surface area (Å²) in [4.78, 5) is 20.0. The number of thioether (sulfide) groups is 1. The molecule has 0 atom stereocenters. The second kappa shape index (κ2) is 14.7. The minimum Gasteiger partial charge on any atom is -0.382 e. The van der Waals surface area contributed by atoms with Crippen LogP contribution in [-0.4, -0.2) is 73.1 Å². The average molecular weight is 593 g/mol. The summed E-state index contributed by atoms with van der Waals surface area (Å²) < 4.78 is 37.6. The number of carbonyl (C=O) groups excluding carboxylic acids is 1. The molecule has 0 aromatic heterocycles. The Morgan fingerprint density at radius 2 is 1.56 bits per heavy atom. The van der Waals surface area contributed by atoms with Crippen molar-refractivity contribution in [3.8, 4) is 0 Å². The van der Waals surface area contributed by atoms with Crippen LogP contribution in [0.4, 0.5) is 24.5 Å². The van der Waals surface area contributed by atoms with Crippen molar-refractivity contribution in [2.45, 2.75) is 82.2 Å². The smallest absolute Gasteiger partial charge is 0.382 e. The van der Waals surface area contributed by atoms with Crippen LogP contribution in [0.1, 0.15) is 65.9 Å². The molecule has 0 unspecified atom stereocenters. The molecule has 0 saturated carbocycles. The summed E-state index contributed by atoms with van der Waals surface area (Å²) >= 11 is -0.102. The van der Waals surface area contributed by atoms with Crippen LogP contribution in [0, 0.1) is 0 Å². The van der Waals surface area contributed by atoms with Crippen molar-refractivity contribution < 1.29 is 18.0 Å². The number of anilines is 2. The maximum absolute atomic E-state index is 12.8. The summed E-state index contributed by atoms with van der Waals surface area (Å²) in [5.74, 6) is 0.224. The van der Waals surface area contributed by atoms with Gasteiger partial charge in [0.25, 0.3) is 0 Å². The van der Waals surface area contributed by atoms with Crippen molar-refractivity contribution >= 4 is 29.0 Å². The van der Waals surface area contributed by atoms with E-state index in [0.29, 0.717) is 19.5 Å². The van der Waals surface area contributed by atoms with Gasteiger partial charge in [-0.15, -0.1) is 0 Å². The van der Waals surface area contributed by atoms with E-state index in [2.05, 4.69) is 60.2 Å². The summed E-state index contributed by atoms with van der Waals surface area (Å²) in [7, 11) is 0. The van der Waals surface area contributed by atoms with Gasteiger partial charge in [0.05, 0.1) is 0 Å². The highest BCUT2D eigenvalue weighted by molar-refractivity contribution is 8.00. The van der Waals surface area contributed by atoms with E-state index in [-0.39, 0.29) is 41.4 Å². The molecule has 4 rings (SSSR count). The molecule has 2 heterocycles. The van der Waals surface area contributed by atoms with Crippen LogP contribution in [0.15, 0.2) is 53.4 Å². The lowest BCUT2D eigenvalue weighted by Gasteiger charge is -2.33. The van der Waals surface area contributed by atoms with Gasteiger partial charge in [-0.3, -0.25) is 4.79 Å². The number of rotatable bonds is 8. The molecule has 2 aromatic carbocycles. The van der Waals surface area contributed by atoms with Gasteiger partial charge in [-0.25, -0.2) is 0 Å². The lowest BCUT2D eigenvalue weighted by Crippen LogP contribution is -2.42. The Morgan fingerprint density at radius 1 is 0.902 bits per heavy atom.